The highest BCUT2D eigenvalue weighted by molar-refractivity contribution is 5.97. The monoisotopic (exact) mass is 510 g/mol. The molecule has 3 amide bonds. The summed E-state index contributed by atoms with van der Waals surface area (Å²) in [6.07, 6.45) is -1.38. The van der Waals surface area contributed by atoms with Gasteiger partial charge in [-0.2, -0.15) is 0 Å². The second kappa shape index (κ2) is 11.5. The molecule has 2 atom stereocenters. The normalized spacial score (nSPS) is 16.1. The molecule has 0 aromatic heterocycles. The van der Waals surface area contributed by atoms with E-state index in [1.807, 2.05) is 26.0 Å². The maximum absolute atomic E-state index is 13.3. The maximum atomic E-state index is 13.3. The summed E-state index contributed by atoms with van der Waals surface area (Å²) in [6, 6.07) is 12.0. The molecule has 1 saturated heterocycles. The molecule has 1 aliphatic rings. The summed E-state index contributed by atoms with van der Waals surface area (Å²) in [7, 11) is 0. The van der Waals surface area contributed by atoms with Gasteiger partial charge in [-0.15, -0.1) is 0 Å². The van der Waals surface area contributed by atoms with Gasteiger partial charge in [0.2, 0.25) is 5.91 Å². The van der Waals surface area contributed by atoms with Crippen LogP contribution in [0.1, 0.15) is 66.2 Å². The predicted octanol–water partition coefficient (Wildman–Crippen LogP) is 4.64. The number of amides is 3. The molecule has 1 N–H and O–H groups in total. The zero-order valence-electron chi connectivity index (χ0n) is 22.1. The Labute approximate surface area is 217 Å². The summed E-state index contributed by atoms with van der Waals surface area (Å²) < 4.78 is 15.8. The van der Waals surface area contributed by atoms with Gasteiger partial charge in [0.1, 0.15) is 18.8 Å². The largest absolute Gasteiger partial charge is 0.457 e. The number of benzene rings is 2. The lowest BCUT2D eigenvalue weighted by molar-refractivity contribution is -0.130. The van der Waals surface area contributed by atoms with E-state index in [0.717, 1.165) is 21.6 Å². The number of alkyl carbamates (subject to hydrolysis) is 1. The molecule has 1 fully saturated rings. The number of carbonyl (C=O) groups excluding carboxylic acids is 4. The number of ether oxygens (including phenoxy) is 3. The van der Waals surface area contributed by atoms with Gasteiger partial charge in [0.25, 0.3) is 0 Å². The number of hydrogen-bond donors (Lipinski definition) is 1. The van der Waals surface area contributed by atoms with E-state index in [0.29, 0.717) is 11.1 Å². The van der Waals surface area contributed by atoms with Crippen LogP contribution in [-0.4, -0.2) is 53.8 Å². The van der Waals surface area contributed by atoms with E-state index in [-0.39, 0.29) is 19.8 Å². The van der Waals surface area contributed by atoms with Gasteiger partial charge in [-0.05, 0) is 64.3 Å². The lowest BCUT2D eigenvalue weighted by atomic mass is 9.96. The van der Waals surface area contributed by atoms with Gasteiger partial charge in [-0.25, -0.2) is 19.3 Å². The molecule has 0 saturated carbocycles. The van der Waals surface area contributed by atoms with E-state index >= 15 is 0 Å². The van der Waals surface area contributed by atoms with E-state index in [2.05, 4.69) is 5.32 Å². The predicted molar refractivity (Wildman–Crippen MR) is 136 cm³/mol. The van der Waals surface area contributed by atoms with Crippen molar-refractivity contribution in [2.24, 2.45) is 0 Å². The molecule has 9 heteroatoms. The zero-order valence-corrected chi connectivity index (χ0v) is 22.1. The average molecular weight is 511 g/mol. The van der Waals surface area contributed by atoms with Gasteiger partial charge >= 0.3 is 18.2 Å². The van der Waals surface area contributed by atoms with E-state index in [1.54, 1.807) is 58.0 Å². The maximum Gasteiger partial charge on any atom is 0.416 e. The highest BCUT2D eigenvalue weighted by Crippen LogP contribution is 2.24. The van der Waals surface area contributed by atoms with Gasteiger partial charge < -0.3 is 19.5 Å². The number of hydrogen-bond acceptors (Lipinski definition) is 7. The molecular weight excluding hydrogens is 476 g/mol. The van der Waals surface area contributed by atoms with Gasteiger partial charge in [-0.1, -0.05) is 42.0 Å². The van der Waals surface area contributed by atoms with Crippen LogP contribution in [0.3, 0.4) is 0 Å². The molecule has 2 aromatic carbocycles. The number of aryl methyl sites for hydroxylation is 2. The van der Waals surface area contributed by atoms with E-state index in [1.165, 1.54) is 0 Å². The Bertz CT molecular complexity index is 1170. The van der Waals surface area contributed by atoms with Crippen LogP contribution in [0.2, 0.25) is 0 Å². The van der Waals surface area contributed by atoms with Crippen LogP contribution >= 0.6 is 0 Å². The number of nitrogens with zero attached hydrogens (tertiary/aromatic N) is 1. The van der Waals surface area contributed by atoms with Crippen LogP contribution in [0.25, 0.3) is 0 Å². The van der Waals surface area contributed by atoms with Crippen LogP contribution in [-0.2, 0) is 25.6 Å². The topological polar surface area (TPSA) is 111 Å². The second-order valence-corrected chi connectivity index (χ2v) is 10.2. The molecule has 0 bridgehead atoms. The average Bonchev–Trinajstić information content (AvgIpc) is 3.14. The molecule has 37 heavy (non-hydrogen) atoms. The zero-order chi connectivity index (χ0) is 27.3. The van der Waals surface area contributed by atoms with E-state index < -0.39 is 41.6 Å². The van der Waals surface area contributed by atoms with Gasteiger partial charge in [0, 0.05) is 6.54 Å². The molecular formula is C28H34N2O7. The second-order valence-electron chi connectivity index (χ2n) is 10.2. The summed E-state index contributed by atoms with van der Waals surface area (Å²) in [4.78, 5) is 51.3. The molecule has 1 heterocycles. The molecule has 9 nitrogen and oxygen atoms in total. The van der Waals surface area contributed by atoms with Crippen LogP contribution in [0.5, 0.6) is 0 Å². The summed E-state index contributed by atoms with van der Waals surface area (Å²) in [5.74, 6) is -1.76. The van der Waals surface area contributed by atoms with Crippen molar-refractivity contribution in [2.45, 2.75) is 65.7 Å². The Balaban J connectivity index is 1.73. The van der Waals surface area contributed by atoms with Crippen molar-refractivity contribution in [3.8, 4) is 0 Å². The van der Waals surface area contributed by atoms with Crippen LogP contribution in [0.15, 0.2) is 42.5 Å². The Morgan fingerprint density at radius 1 is 1.11 bits per heavy atom. The van der Waals surface area contributed by atoms with Crippen molar-refractivity contribution in [3.63, 3.8) is 0 Å². The van der Waals surface area contributed by atoms with Gasteiger partial charge in [0.15, 0.2) is 0 Å². The Morgan fingerprint density at radius 3 is 2.35 bits per heavy atom. The number of carbonyl (C=O) groups is 4. The fraction of sp³-hybridized carbons (Fsp3) is 0.429. The molecule has 0 spiro atoms. The summed E-state index contributed by atoms with van der Waals surface area (Å²) in [5.41, 5.74) is 3.01. The van der Waals surface area contributed by atoms with Gasteiger partial charge in [-0.3, -0.25) is 4.79 Å². The van der Waals surface area contributed by atoms with Crippen molar-refractivity contribution in [3.05, 3.63) is 70.3 Å². The Hall–Kier alpha value is -3.88. The van der Waals surface area contributed by atoms with Crippen LogP contribution in [0, 0.1) is 13.8 Å². The number of esters is 1. The minimum absolute atomic E-state index is 0.0523. The number of nitrogens with one attached hydrogen (secondary N) is 1. The smallest absolute Gasteiger partial charge is 0.416 e. The molecule has 0 radical (unpaired) electrons. The standard InChI is InChI=1S/C28H34N2O7/c1-17-7-12-22(18(2)13-17)25(32)35-16-20-8-10-21(11-9-20)23(14-29-26(33)37-28(4,5)6)24(31)30-19(3)15-36-27(30)34/h7-13,19,23H,14-16H2,1-6H3,(H,29,33)/t19-,23-/m0/s1. The first-order valence-electron chi connectivity index (χ1n) is 12.2. The summed E-state index contributed by atoms with van der Waals surface area (Å²) >= 11 is 0. The van der Waals surface area contributed by atoms with Crippen molar-refractivity contribution < 1.29 is 33.4 Å². The highest BCUT2D eigenvalue weighted by atomic mass is 16.6. The number of cyclic esters (lactones) is 1. The van der Waals surface area contributed by atoms with Crippen LogP contribution in [0.4, 0.5) is 9.59 Å². The minimum atomic E-state index is -0.854. The van der Waals surface area contributed by atoms with Crippen LogP contribution < -0.4 is 5.32 Å². The third-order valence-electron chi connectivity index (χ3n) is 5.82. The first kappa shape index (κ1) is 27.7. The Kier molecular flexibility index (Phi) is 8.57. The molecule has 2 aromatic rings. The SMILES string of the molecule is Cc1ccc(C(=O)OCc2ccc([C@H](CNC(=O)OC(C)(C)C)C(=O)N3C(=O)OC[C@@H]3C)cc2)c(C)c1. The highest BCUT2D eigenvalue weighted by Gasteiger charge is 2.39. The summed E-state index contributed by atoms with van der Waals surface area (Å²) in [5, 5.41) is 2.62. The first-order valence-corrected chi connectivity index (χ1v) is 12.2. The first-order chi connectivity index (χ1) is 17.4. The molecule has 0 aliphatic carbocycles. The number of rotatable bonds is 7. The lowest BCUT2D eigenvalue weighted by Gasteiger charge is -2.25. The summed E-state index contributed by atoms with van der Waals surface area (Å²) in [6.45, 7) is 10.8. The Morgan fingerprint density at radius 2 is 1.78 bits per heavy atom. The number of imide groups is 1. The fourth-order valence-electron chi connectivity index (χ4n) is 3.95. The van der Waals surface area contributed by atoms with Crippen molar-refractivity contribution in [1.82, 2.24) is 10.2 Å². The third kappa shape index (κ3) is 7.31. The van der Waals surface area contributed by atoms with E-state index in [4.69, 9.17) is 14.2 Å². The van der Waals surface area contributed by atoms with E-state index in [9.17, 15) is 19.2 Å². The van der Waals surface area contributed by atoms with Crippen molar-refractivity contribution >= 4 is 24.1 Å². The quantitative estimate of drug-likeness (QED) is 0.427. The van der Waals surface area contributed by atoms with Gasteiger partial charge in [0.05, 0.1) is 17.5 Å². The molecule has 3 rings (SSSR count). The lowest BCUT2D eigenvalue weighted by Crippen LogP contribution is -2.44. The molecule has 198 valence electrons. The van der Waals surface area contributed by atoms with Crippen molar-refractivity contribution in [1.29, 1.82) is 0 Å². The molecule has 0 unspecified atom stereocenters. The van der Waals surface area contributed by atoms with Crippen molar-refractivity contribution in [2.75, 3.05) is 13.2 Å². The minimum Gasteiger partial charge on any atom is -0.457 e. The molecule has 1 aliphatic heterocycles. The fourth-order valence-corrected chi connectivity index (χ4v) is 3.95. The third-order valence-corrected chi connectivity index (χ3v) is 5.82.